The van der Waals surface area contributed by atoms with E-state index in [1.165, 1.54) is 15.9 Å². The molecule has 0 aliphatic heterocycles. The summed E-state index contributed by atoms with van der Waals surface area (Å²) in [5, 5.41) is 9.01. The number of rotatable bonds is 4. The lowest BCUT2D eigenvalue weighted by atomic mass is 10.2. The van der Waals surface area contributed by atoms with Crippen LogP contribution >= 0.6 is 11.3 Å². The fourth-order valence-electron chi connectivity index (χ4n) is 2.56. The molecule has 0 aliphatic rings. The van der Waals surface area contributed by atoms with Crippen LogP contribution < -0.4 is 11.1 Å². The molecule has 0 saturated heterocycles. The van der Waals surface area contributed by atoms with Gasteiger partial charge in [-0.1, -0.05) is 0 Å². The summed E-state index contributed by atoms with van der Waals surface area (Å²) in [6, 6.07) is 3.46. The van der Waals surface area contributed by atoms with Crippen LogP contribution in [-0.2, 0) is 0 Å². The zero-order chi connectivity index (χ0) is 19.1. The molecule has 2 amide bonds. The first-order valence-electron chi connectivity index (χ1n) is 7.87. The molecule has 0 aliphatic carbocycles. The van der Waals surface area contributed by atoms with E-state index in [9.17, 15) is 9.59 Å². The molecule has 0 radical (unpaired) electrons. The van der Waals surface area contributed by atoms with Crippen LogP contribution in [-0.4, -0.2) is 41.4 Å². The van der Waals surface area contributed by atoms with Crippen LogP contribution in [0, 0.1) is 13.8 Å². The van der Waals surface area contributed by atoms with Gasteiger partial charge in [0.15, 0.2) is 5.13 Å². The Hall–Kier alpha value is -3.60. The van der Waals surface area contributed by atoms with Gasteiger partial charge in [0.2, 0.25) is 5.82 Å². The van der Waals surface area contributed by atoms with Crippen molar-refractivity contribution in [2.24, 2.45) is 5.73 Å². The number of nitrogens with zero attached hydrogens (tertiary/aromatic N) is 5. The highest BCUT2D eigenvalue weighted by molar-refractivity contribution is 7.14. The van der Waals surface area contributed by atoms with Crippen LogP contribution in [0.3, 0.4) is 0 Å². The number of aromatic amines is 1. The lowest BCUT2D eigenvalue weighted by molar-refractivity contribution is 0.0993. The van der Waals surface area contributed by atoms with E-state index in [2.05, 4.69) is 30.4 Å². The Labute approximate surface area is 156 Å². The molecule has 4 rings (SSSR count). The van der Waals surface area contributed by atoms with E-state index in [1.807, 2.05) is 19.9 Å². The number of H-pyrrole nitrogens is 1. The van der Waals surface area contributed by atoms with E-state index in [1.54, 1.807) is 17.6 Å². The molecule has 0 spiro atoms. The first-order chi connectivity index (χ1) is 12.9. The molecule has 4 N–H and O–H groups in total. The predicted molar refractivity (Wildman–Crippen MR) is 98.6 cm³/mol. The summed E-state index contributed by atoms with van der Waals surface area (Å²) in [6.45, 7) is 3.71. The van der Waals surface area contributed by atoms with Crippen molar-refractivity contribution in [2.75, 3.05) is 5.32 Å². The second-order valence-corrected chi connectivity index (χ2v) is 6.70. The third-order valence-electron chi connectivity index (χ3n) is 3.79. The van der Waals surface area contributed by atoms with Gasteiger partial charge in [-0.05, 0) is 26.0 Å². The molecule has 0 saturated carbocycles. The Bertz CT molecular complexity index is 1190. The molecule has 11 heteroatoms. The number of hydrogen-bond acceptors (Lipinski definition) is 7. The number of carbonyl (C=O) groups excluding carboxylic acids is 2. The van der Waals surface area contributed by atoms with Crippen LogP contribution in [0.15, 0.2) is 23.7 Å². The van der Waals surface area contributed by atoms with Gasteiger partial charge in [-0.2, -0.15) is 4.98 Å². The molecule has 0 fully saturated rings. The molecule has 27 heavy (non-hydrogen) atoms. The van der Waals surface area contributed by atoms with Crippen molar-refractivity contribution < 1.29 is 9.59 Å². The average Bonchev–Trinajstić information content (AvgIpc) is 3.33. The Morgan fingerprint density at radius 2 is 2.04 bits per heavy atom. The maximum absolute atomic E-state index is 12.4. The summed E-state index contributed by atoms with van der Waals surface area (Å²) in [5.41, 5.74) is 8.45. The number of nitrogens with one attached hydrogen (secondary N) is 2. The molecule has 10 nitrogen and oxygen atoms in total. The SMILES string of the molecule is Cc1cc(C)n2nc(C(=O)Nc3nc(-c4c[nH]c(C(N)=O)c4)cs3)nc2n1. The van der Waals surface area contributed by atoms with Crippen molar-refractivity contribution >= 4 is 34.1 Å². The van der Waals surface area contributed by atoms with E-state index in [4.69, 9.17) is 5.73 Å². The van der Waals surface area contributed by atoms with Gasteiger partial charge in [0, 0.05) is 28.5 Å². The van der Waals surface area contributed by atoms with E-state index in [-0.39, 0.29) is 11.5 Å². The van der Waals surface area contributed by atoms with Crippen molar-refractivity contribution in [1.29, 1.82) is 0 Å². The Balaban J connectivity index is 1.56. The summed E-state index contributed by atoms with van der Waals surface area (Å²) in [7, 11) is 0. The average molecular weight is 382 g/mol. The molecule has 0 atom stereocenters. The van der Waals surface area contributed by atoms with Crippen LogP contribution in [0.1, 0.15) is 32.5 Å². The molecule has 0 unspecified atom stereocenters. The number of fused-ring (bicyclic) bond motifs is 1. The minimum absolute atomic E-state index is 0.00519. The molecule has 4 heterocycles. The van der Waals surface area contributed by atoms with Crippen LogP contribution in [0.5, 0.6) is 0 Å². The number of aryl methyl sites for hydroxylation is 2. The number of hydrogen-bond donors (Lipinski definition) is 3. The molecule has 0 aromatic carbocycles. The molecule has 0 bridgehead atoms. The van der Waals surface area contributed by atoms with Crippen molar-refractivity contribution in [2.45, 2.75) is 13.8 Å². The second-order valence-electron chi connectivity index (χ2n) is 5.84. The van der Waals surface area contributed by atoms with Crippen molar-refractivity contribution in [3.8, 4) is 11.3 Å². The predicted octanol–water partition coefficient (Wildman–Crippen LogP) is 1.54. The van der Waals surface area contributed by atoms with E-state index < -0.39 is 11.8 Å². The van der Waals surface area contributed by atoms with Crippen molar-refractivity contribution in [3.63, 3.8) is 0 Å². The van der Waals surface area contributed by atoms with Gasteiger partial charge in [0.1, 0.15) is 5.69 Å². The number of carbonyl (C=O) groups is 2. The standard InChI is InChI=1S/C16H14N8O2S/c1-7-3-8(2)24-15(19-7)21-13(23-24)14(26)22-16-20-11(6-27-16)9-4-10(12(17)25)18-5-9/h3-6,18H,1-2H3,(H2,17,25)(H,20,22,26). The molecular weight excluding hydrogens is 368 g/mol. The lowest BCUT2D eigenvalue weighted by Crippen LogP contribution is -2.13. The number of amides is 2. The first-order valence-corrected chi connectivity index (χ1v) is 8.75. The Morgan fingerprint density at radius 3 is 2.78 bits per heavy atom. The number of aromatic nitrogens is 6. The maximum Gasteiger partial charge on any atom is 0.297 e. The number of primary amides is 1. The second kappa shape index (κ2) is 6.29. The quantitative estimate of drug-likeness (QED) is 0.488. The third kappa shape index (κ3) is 3.15. The minimum atomic E-state index is -0.554. The van der Waals surface area contributed by atoms with Crippen LogP contribution in [0.2, 0.25) is 0 Å². The number of thiazole rings is 1. The highest BCUT2D eigenvalue weighted by Crippen LogP contribution is 2.25. The molecule has 136 valence electrons. The number of nitrogens with two attached hydrogens (primary N) is 1. The summed E-state index contributed by atoms with van der Waals surface area (Å²) in [4.78, 5) is 39.2. The fourth-order valence-corrected chi connectivity index (χ4v) is 3.28. The highest BCUT2D eigenvalue weighted by atomic mass is 32.1. The lowest BCUT2D eigenvalue weighted by Gasteiger charge is -1.97. The van der Waals surface area contributed by atoms with E-state index >= 15 is 0 Å². The maximum atomic E-state index is 12.4. The van der Waals surface area contributed by atoms with Gasteiger partial charge in [0.05, 0.1) is 5.69 Å². The van der Waals surface area contributed by atoms with E-state index in [0.29, 0.717) is 22.2 Å². The van der Waals surface area contributed by atoms with Crippen LogP contribution in [0.4, 0.5) is 5.13 Å². The largest absolute Gasteiger partial charge is 0.364 e. The van der Waals surface area contributed by atoms with Gasteiger partial charge in [0.25, 0.3) is 17.6 Å². The normalized spacial score (nSPS) is 11.0. The first kappa shape index (κ1) is 16.8. The molecule has 4 aromatic rings. The van der Waals surface area contributed by atoms with Gasteiger partial charge < -0.3 is 10.7 Å². The topological polar surface area (TPSA) is 144 Å². The highest BCUT2D eigenvalue weighted by Gasteiger charge is 2.17. The Morgan fingerprint density at radius 1 is 1.22 bits per heavy atom. The summed E-state index contributed by atoms with van der Waals surface area (Å²) < 4.78 is 1.51. The minimum Gasteiger partial charge on any atom is -0.364 e. The molecule has 4 aromatic heterocycles. The fraction of sp³-hybridized carbons (Fsp3) is 0.125. The monoisotopic (exact) mass is 382 g/mol. The van der Waals surface area contributed by atoms with Crippen LogP contribution in [0.25, 0.3) is 17.0 Å². The van der Waals surface area contributed by atoms with Gasteiger partial charge in [-0.25, -0.2) is 14.5 Å². The van der Waals surface area contributed by atoms with Crippen molar-refractivity contribution in [3.05, 3.63) is 46.6 Å². The van der Waals surface area contributed by atoms with E-state index in [0.717, 1.165) is 11.4 Å². The van der Waals surface area contributed by atoms with Gasteiger partial charge in [-0.3, -0.25) is 14.9 Å². The van der Waals surface area contributed by atoms with Crippen molar-refractivity contribution in [1.82, 2.24) is 29.5 Å². The summed E-state index contributed by atoms with van der Waals surface area (Å²) in [5.74, 6) is -0.665. The third-order valence-corrected chi connectivity index (χ3v) is 4.55. The zero-order valence-electron chi connectivity index (χ0n) is 14.3. The summed E-state index contributed by atoms with van der Waals surface area (Å²) in [6.07, 6.45) is 1.63. The zero-order valence-corrected chi connectivity index (χ0v) is 15.2. The van der Waals surface area contributed by atoms with Gasteiger partial charge >= 0.3 is 0 Å². The summed E-state index contributed by atoms with van der Waals surface area (Å²) >= 11 is 1.25. The molecular formula is C16H14N8O2S. The smallest absolute Gasteiger partial charge is 0.297 e. The Kier molecular flexibility index (Phi) is 3.92. The van der Waals surface area contributed by atoms with Gasteiger partial charge in [-0.15, -0.1) is 16.4 Å². The number of anilines is 1.